The minimum atomic E-state index is -5.24. The zero-order valence-corrected chi connectivity index (χ0v) is 20.4. The van der Waals surface area contributed by atoms with Crippen molar-refractivity contribution in [1.29, 1.82) is 0 Å². The van der Waals surface area contributed by atoms with Crippen LogP contribution in [0.5, 0.6) is 0 Å². The van der Waals surface area contributed by atoms with Crippen LogP contribution < -0.4 is 45.9 Å². The molecule has 15 heteroatoms. The second-order valence-electron chi connectivity index (χ2n) is 6.25. The minimum absolute atomic E-state index is 0. The molecule has 1 fully saturated rings. The molecule has 3 atom stereocenters. The van der Waals surface area contributed by atoms with Gasteiger partial charge in [-0.1, -0.05) is 19.8 Å². The van der Waals surface area contributed by atoms with E-state index in [0.29, 0.717) is 12.2 Å². The molecular weight excluding hydrogens is 449 g/mol. The van der Waals surface area contributed by atoms with Gasteiger partial charge in [0.25, 0.3) is 5.91 Å². The fourth-order valence-corrected chi connectivity index (χ4v) is 4.24. The van der Waals surface area contributed by atoms with Crippen molar-refractivity contribution in [2.75, 3.05) is 19.4 Å². The van der Waals surface area contributed by atoms with Crippen LogP contribution in [0.1, 0.15) is 37.9 Å². The van der Waals surface area contributed by atoms with Gasteiger partial charge in [-0.15, -0.1) is 11.3 Å². The number of carbonyl (C=O) groups is 3. The number of hydrogen-bond acceptors (Lipinski definition) is 11. The van der Waals surface area contributed by atoms with E-state index in [0.717, 1.165) is 37.7 Å². The van der Waals surface area contributed by atoms with Gasteiger partial charge in [-0.3, -0.25) is 9.59 Å². The first-order chi connectivity index (χ1) is 13.6. The maximum absolute atomic E-state index is 12.8. The van der Waals surface area contributed by atoms with Gasteiger partial charge in [0, 0.05) is 5.38 Å². The van der Waals surface area contributed by atoms with Gasteiger partial charge in [0.05, 0.1) is 12.8 Å². The van der Waals surface area contributed by atoms with Crippen LogP contribution in [0, 0.1) is 0 Å². The molecule has 0 saturated carbocycles. The van der Waals surface area contributed by atoms with Crippen molar-refractivity contribution >= 4 is 44.6 Å². The predicted octanol–water partition coefficient (Wildman–Crippen LogP) is -4.12. The first-order valence-electron chi connectivity index (χ1n) is 8.73. The fraction of sp³-hybridized carbons (Fsp3) is 0.600. The van der Waals surface area contributed by atoms with Crippen molar-refractivity contribution in [2.45, 2.75) is 44.3 Å². The summed E-state index contributed by atoms with van der Waals surface area (Å²) in [6.45, 7) is 2.50. The molecule has 2 amide bonds. The number of nitrogens with one attached hydrogen (secondary N) is 2. The molecule has 1 unspecified atom stereocenters. The van der Waals surface area contributed by atoms with Crippen LogP contribution in [-0.4, -0.2) is 65.8 Å². The Kier molecular flexibility index (Phi) is 10.1. The van der Waals surface area contributed by atoms with E-state index in [4.69, 9.17) is 5.73 Å². The number of hydrogen-bond donors (Lipinski definition) is 3. The van der Waals surface area contributed by atoms with E-state index in [-0.39, 0.29) is 39.0 Å². The molecule has 0 bridgehead atoms. The molecule has 0 aromatic carbocycles. The molecule has 1 aromatic rings. The number of nitrogen functional groups attached to an aromatic ring is 1. The van der Waals surface area contributed by atoms with E-state index in [9.17, 15) is 27.4 Å². The van der Waals surface area contributed by atoms with E-state index in [2.05, 4.69) is 20.4 Å². The van der Waals surface area contributed by atoms with Crippen molar-refractivity contribution in [2.24, 2.45) is 0 Å². The third-order valence-electron chi connectivity index (χ3n) is 4.26. The molecule has 0 aliphatic carbocycles. The van der Waals surface area contributed by atoms with Gasteiger partial charge >= 0.3 is 35.5 Å². The van der Waals surface area contributed by atoms with Crippen molar-refractivity contribution < 1.29 is 61.6 Å². The number of nitrogens with zero attached hydrogens (tertiary/aromatic N) is 2. The summed E-state index contributed by atoms with van der Waals surface area (Å²) >= 11 is 1.12. The molecule has 0 spiro atoms. The van der Waals surface area contributed by atoms with Gasteiger partial charge in [0.2, 0.25) is 5.91 Å². The van der Waals surface area contributed by atoms with E-state index < -0.39 is 46.2 Å². The van der Waals surface area contributed by atoms with E-state index in [1.165, 1.54) is 0 Å². The van der Waals surface area contributed by atoms with Gasteiger partial charge in [-0.25, -0.2) is 22.5 Å². The molecule has 1 aliphatic rings. The maximum Gasteiger partial charge on any atom is 1.00 e. The van der Waals surface area contributed by atoms with Crippen LogP contribution in [0.25, 0.3) is 0 Å². The number of rotatable bonds is 10. The van der Waals surface area contributed by atoms with Gasteiger partial charge in [-0.05, 0) is 13.0 Å². The summed E-state index contributed by atoms with van der Waals surface area (Å²) in [7, 11) is -4.27. The zero-order chi connectivity index (χ0) is 21.8. The maximum atomic E-state index is 12.8. The molecule has 1 aliphatic heterocycles. The molecular formula is C15H22N5NaO7S2. The monoisotopic (exact) mass is 471 g/mol. The number of ether oxygens (including phenoxy) is 1. The number of thiazole rings is 1. The quantitative estimate of drug-likeness (QED) is 0.0996. The Bertz CT molecular complexity index is 878. The van der Waals surface area contributed by atoms with Crippen molar-refractivity contribution in [1.82, 2.24) is 19.9 Å². The number of β-lactam (4-membered cyclic amide) rings is 1. The molecule has 12 nitrogen and oxygen atoms in total. The Hall–Kier alpha value is -1.29. The molecule has 162 valence electrons. The summed E-state index contributed by atoms with van der Waals surface area (Å²) < 4.78 is 38.0. The van der Waals surface area contributed by atoms with E-state index in [1.807, 2.05) is 6.92 Å². The SMILES string of the molecule is CCCCCNC(C(=O)N[C@H]1C(=O)N(S(=O)(=O)[O-])[C@H]1C(=O)OC)c1csc(N)n1.[Na+]. The Balaban J connectivity index is 0.00000450. The van der Waals surface area contributed by atoms with E-state index >= 15 is 0 Å². The average molecular weight is 471 g/mol. The second kappa shape index (κ2) is 11.4. The summed E-state index contributed by atoms with van der Waals surface area (Å²) in [5.41, 5.74) is 5.94. The van der Waals surface area contributed by atoms with Crippen LogP contribution in [-0.2, 0) is 29.4 Å². The largest absolute Gasteiger partial charge is 1.00 e. The van der Waals surface area contributed by atoms with E-state index in [1.54, 1.807) is 5.38 Å². The Morgan fingerprint density at radius 3 is 2.60 bits per heavy atom. The summed E-state index contributed by atoms with van der Waals surface area (Å²) in [5.74, 6) is -3.08. The topological polar surface area (TPSA) is 184 Å². The molecule has 0 radical (unpaired) electrons. The van der Waals surface area contributed by atoms with Crippen LogP contribution >= 0.6 is 11.3 Å². The fourth-order valence-electron chi connectivity index (χ4n) is 2.83. The number of nitrogens with two attached hydrogens (primary N) is 1. The first-order valence-corrected chi connectivity index (χ1v) is 11.0. The smallest absolute Gasteiger partial charge is 0.731 e. The Labute approximate surface area is 200 Å². The molecule has 2 heterocycles. The van der Waals surface area contributed by atoms with Crippen LogP contribution in [0.15, 0.2) is 5.38 Å². The Morgan fingerprint density at radius 1 is 1.43 bits per heavy atom. The summed E-state index contributed by atoms with van der Waals surface area (Å²) in [5, 5.41) is 7.13. The van der Waals surface area contributed by atoms with Gasteiger partial charge < -0.3 is 25.7 Å². The molecule has 1 saturated heterocycles. The zero-order valence-electron chi connectivity index (χ0n) is 16.8. The van der Waals surface area contributed by atoms with Gasteiger partial charge in [-0.2, -0.15) is 0 Å². The number of esters is 1. The molecule has 30 heavy (non-hydrogen) atoms. The van der Waals surface area contributed by atoms with Gasteiger partial charge in [0.15, 0.2) is 21.5 Å². The number of carbonyl (C=O) groups excluding carboxylic acids is 3. The third kappa shape index (κ3) is 6.12. The normalized spacial score (nSPS) is 19.4. The summed E-state index contributed by atoms with van der Waals surface area (Å²) in [6.07, 6.45) is 2.69. The second-order valence-corrected chi connectivity index (χ2v) is 8.39. The van der Waals surface area contributed by atoms with Crippen molar-refractivity contribution in [3.8, 4) is 0 Å². The summed E-state index contributed by atoms with van der Waals surface area (Å²) in [6, 6.07) is -4.29. The number of amides is 2. The van der Waals surface area contributed by atoms with Crippen molar-refractivity contribution in [3.63, 3.8) is 0 Å². The third-order valence-corrected chi connectivity index (χ3v) is 5.84. The number of methoxy groups -OCH3 is 1. The minimum Gasteiger partial charge on any atom is -0.731 e. The number of anilines is 1. The standard InChI is InChI=1S/C15H23N5O7S2.Na/c1-3-4-5-6-17-9(8-7-28-15(16)18-8)12(21)19-10-11(14(23)27-2)20(13(10)22)29(24,25)26;/h7,9-11,17H,3-6H2,1-2H3,(H2,16,18)(H,19,21)(H,24,25,26);/q;+1/p-1/t9?,10-,11-;/m1./s1. The Morgan fingerprint density at radius 2 is 2.10 bits per heavy atom. The van der Waals surface area contributed by atoms with Crippen LogP contribution in [0.3, 0.4) is 0 Å². The average Bonchev–Trinajstić information content (AvgIpc) is 3.07. The number of aromatic nitrogens is 1. The molecule has 4 N–H and O–H groups in total. The van der Waals surface area contributed by atoms with Crippen LogP contribution in [0.4, 0.5) is 5.13 Å². The van der Waals surface area contributed by atoms with Crippen molar-refractivity contribution in [3.05, 3.63) is 11.1 Å². The molecule has 1 aromatic heterocycles. The summed E-state index contributed by atoms with van der Waals surface area (Å²) in [4.78, 5) is 40.8. The molecule has 2 rings (SSSR count). The predicted molar refractivity (Wildman–Crippen MR) is 101 cm³/mol. The first kappa shape index (κ1) is 26.7. The van der Waals surface area contributed by atoms with Crippen LogP contribution in [0.2, 0.25) is 0 Å². The van der Waals surface area contributed by atoms with Gasteiger partial charge in [0.1, 0.15) is 12.1 Å². The number of unbranched alkanes of at least 4 members (excludes halogenated alkanes) is 2.